The summed E-state index contributed by atoms with van der Waals surface area (Å²) in [5, 5.41) is 3.05. The molecule has 0 aromatic heterocycles. The summed E-state index contributed by atoms with van der Waals surface area (Å²) in [5.41, 5.74) is -0.944. The molecule has 8 nitrogen and oxygen atoms in total. The Morgan fingerprint density at radius 1 is 1.09 bits per heavy atom. The Bertz CT molecular complexity index is 1210. The number of carbonyl (C=O) groups excluding carboxylic acids is 2. The number of hydrogen-bond donors (Lipinski definition) is 1. The molecule has 174 valence electrons. The highest BCUT2D eigenvalue weighted by Gasteiger charge is 2.65. The molecular weight excluding hydrogens is 512 g/mol. The molecule has 2 heterocycles. The zero-order chi connectivity index (χ0) is 24.0. The van der Waals surface area contributed by atoms with Crippen LogP contribution in [-0.2, 0) is 29.1 Å². The molecule has 2 atom stereocenters. The van der Waals surface area contributed by atoms with Crippen LogP contribution in [0.15, 0.2) is 70.1 Å². The summed E-state index contributed by atoms with van der Waals surface area (Å²) in [6.07, 6.45) is 0. The van der Waals surface area contributed by atoms with Crippen molar-refractivity contribution in [2.75, 3.05) is 17.5 Å². The maximum absolute atomic E-state index is 13.8. The largest absolute Gasteiger partial charge is 0.464 e. The molecule has 0 bridgehead atoms. The van der Waals surface area contributed by atoms with E-state index in [0.29, 0.717) is 11.3 Å². The number of nitrogens with one attached hydrogen (secondary N) is 1. The first-order valence-corrected chi connectivity index (χ1v) is 12.6. The normalized spacial score (nSPS) is 20.8. The standard InChI is InChI=1S/C23H23BrN2O6S/c1-4-31-21(27)23(22(28)32-5-2)14(3)20-19(25-23)17-13-15(24)11-12-18(17)26(20)33(29,30)16-9-7-6-8-10-16/h6-13,19-20,25H,3-5H2,1-2H3/t19-,20-/m0/s1. The third-order valence-corrected chi connectivity index (χ3v) is 8.11. The second-order valence-corrected chi connectivity index (χ2v) is 10.3. The molecule has 0 saturated carbocycles. The first-order valence-electron chi connectivity index (χ1n) is 10.4. The molecule has 10 heteroatoms. The van der Waals surface area contributed by atoms with E-state index >= 15 is 0 Å². The van der Waals surface area contributed by atoms with Crippen LogP contribution in [0.2, 0.25) is 0 Å². The lowest BCUT2D eigenvalue weighted by Crippen LogP contribution is -2.58. The first-order chi connectivity index (χ1) is 15.7. The summed E-state index contributed by atoms with van der Waals surface area (Å²) >= 11 is 3.43. The molecule has 0 unspecified atom stereocenters. The number of carbonyl (C=O) groups is 2. The van der Waals surface area contributed by atoms with E-state index in [1.165, 1.54) is 16.4 Å². The van der Waals surface area contributed by atoms with E-state index < -0.39 is 39.6 Å². The Morgan fingerprint density at radius 2 is 1.70 bits per heavy atom. The smallest absolute Gasteiger partial charge is 0.342 e. The number of benzene rings is 2. The van der Waals surface area contributed by atoms with Crippen molar-refractivity contribution in [1.82, 2.24) is 5.32 Å². The lowest BCUT2D eigenvalue weighted by Gasteiger charge is -2.31. The van der Waals surface area contributed by atoms with Crippen molar-refractivity contribution < 1.29 is 27.5 Å². The van der Waals surface area contributed by atoms with Gasteiger partial charge in [-0.15, -0.1) is 0 Å². The maximum atomic E-state index is 13.8. The van der Waals surface area contributed by atoms with Gasteiger partial charge in [0.2, 0.25) is 5.54 Å². The molecule has 0 aliphatic carbocycles. The number of nitrogens with zero attached hydrogens (tertiary/aromatic N) is 1. The second-order valence-electron chi connectivity index (χ2n) is 7.60. The predicted molar refractivity (Wildman–Crippen MR) is 125 cm³/mol. The fourth-order valence-electron chi connectivity index (χ4n) is 4.40. The van der Waals surface area contributed by atoms with Gasteiger partial charge in [-0.3, -0.25) is 9.62 Å². The molecule has 1 saturated heterocycles. The van der Waals surface area contributed by atoms with Gasteiger partial charge in [-0.2, -0.15) is 0 Å². The zero-order valence-corrected chi connectivity index (χ0v) is 20.5. The fourth-order valence-corrected chi connectivity index (χ4v) is 6.48. The van der Waals surface area contributed by atoms with Gasteiger partial charge in [0.1, 0.15) is 0 Å². The van der Waals surface area contributed by atoms with Gasteiger partial charge in [0.15, 0.2) is 0 Å². The molecule has 2 aliphatic heterocycles. The molecule has 2 aromatic carbocycles. The zero-order valence-electron chi connectivity index (χ0n) is 18.1. The Balaban J connectivity index is 1.92. The highest BCUT2D eigenvalue weighted by Crippen LogP contribution is 2.52. The van der Waals surface area contributed by atoms with Crippen LogP contribution in [0.25, 0.3) is 0 Å². The number of sulfonamides is 1. The summed E-state index contributed by atoms with van der Waals surface area (Å²) in [7, 11) is -4.07. The monoisotopic (exact) mass is 534 g/mol. The second kappa shape index (κ2) is 8.58. The van der Waals surface area contributed by atoms with Crippen LogP contribution in [-0.4, -0.2) is 45.2 Å². The van der Waals surface area contributed by atoms with Crippen molar-refractivity contribution in [2.24, 2.45) is 0 Å². The van der Waals surface area contributed by atoms with Crippen LogP contribution in [0.4, 0.5) is 5.69 Å². The van der Waals surface area contributed by atoms with E-state index in [4.69, 9.17) is 9.47 Å². The van der Waals surface area contributed by atoms with Gasteiger partial charge in [0.25, 0.3) is 10.0 Å². The van der Waals surface area contributed by atoms with Gasteiger partial charge in [-0.25, -0.2) is 18.0 Å². The van der Waals surface area contributed by atoms with Crippen LogP contribution in [0.3, 0.4) is 0 Å². The van der Waals surface area contributed by atoms with Crippen molar-refractivity contribution >= 4 is 43.6 Å². The van der Waals surface area contributed by atoms with E-state index in [1.807, 2.05) is 0 Å². The predicted octanol–water partition coefficient (Wildman–Crippen LogP) is 3.09. The van der Waals surface area contributed by atoms with Crippen molar-refractivity contribution in [3.05, 3.63) is 70.7 Å². The van der Waals surface area contributed by atoms with E-state index in [0.717, 1.165) is 4.47 Å². The Morgan fingerprint density at radius 3 is 2.27 bits per heavy atom. The number of hydrogen-bond acceptors (Lipinski definition) is 7. The minimum atomic E-state index is -4.07. The molecule has 0 spiro atoms. The van der Waals surface area contributed by atoms with E-state index in [-0.39, 0.29) is 23.7 Å². The van der Waals surface area contributed by atoms with Crippen LogP contribution in [0.5, 0.6) is 0 Å². The Hall–Kier alpha value is -2.69. The molecule has 0 radical (unpaired) electrons. The third kappa shape index (κ3) is 3.48. The average molecular weight is 535 g/mol. The van der Waals surface area contributed by atoms with E-state index in [1.54, 1.807) is 50.2 Å². The summed E-state index contributed by atoms with van der Waals surface area (Å²) < 4.78 is 39.9. The minimum absolute atomic E-state index is 0.0262. The lowest BCUT2D eigenvalue weighted by molar-refractivity contribution is -0.163. The molecule has 33 heavy (non-hydrogen) atoms. The van der Waals surface area contributed by atoms with Crippen LogP contribution in [0.1, 0.15) is 25.5 Å². The molecule has 1 fully saturated rings. The number of ether oxygens (including phenoxy) is 2. The number of rotatable bonds is 6. The lowest BCUT2D eigenvalue weighted by atomic mass is 9.90. The molecule has 4 rings (SSSR count). The highest BCUT2D eigenvalue weighted by atomic mass is 79.9. The van der Waals surface area contributed by atoms with Gasteiger partial charge in [-0.05, 0) is 55.3 Å². The van der Waals surface area contributed by atoms with Gasteiger partial charge >= 0.3 is 11.9 Å². The SMILES string of the molecule is C=C1[C@H]2[C@@H](NC1(C(=O)OCC)C(=O)OCC)c1cc(Br)ccc1N2S(=O)(=O)c1ccccc1. The van der Waals surface area contributed by atoms with E-state index in [9.17, 15) is 18.0 Å². The molecule has 2 aromatic rings. The number of esters is 2. The van der Waals surface area contributed by atoms with Gasteiger partial charge in [0, 0.05) is 4.47 Å². The summed E-state index contributed by atoms with van der Waals surface area (Å²) in [6, 6.07) is 11.5. The van der Waals surface area contributed by atoms with Crippen LogP contribution in [0, 0.1) is 0 Å². The van der Waals surface area contributed by atoms with Crippen LogP contribution >= 0.6 is 15.9 Å². The molecule has 2 aliphatic rings. The maximum Gasteiger partial charge on any atom is 0.342 e. The van der Waals surface area contributed by atoms with Crippen LogP contribution < -0.4 is 9.62 Å². The fraction of sp³-hybridized carbons (Fsp3) is 0.304. The number of fused-ring (bicyclic) bond motifs is 3. The summed E-state index contributed by atoms with van der Waals surface area (Å²) in [4.78, 5) is 26.3. The quantitative estimate of drug-likeness (QED) is 0.345. The van der Waals surface area contributed by atoms with E-state index in [2.05, 4.69) is 27.8 Å². The first kappa shape index (κ1) is 23.5. The third-order valence-electron chi connectivity index (χ3n) is 5.80. The number of anilines is 1. The minimum Gasteiger partial charge on any atom is -0.464 e. The molecule has 0 amide bonds. The van der Waals surface area contributed by atoms with Gasteiger partial charge < -0.3 is 9.47 Å². The molecule has 1 N–H and O–H groups in total. The Kier molecular flexibility index (Phi) is 6.10. The average Bonchev–Trinajstić information content (AvgIpc) is 3.27. The number of halogens is 1. The Labute approximate surface area is 200 Å². The van der Waals surface area contributed by atoms with Crippen molar-refractivity contribution in [3.8, 4) is 0 Å². The highest BCUT2D eigenvalue weighted by molar-refractivity contribution is 9.10. The summed E-state index contributed by atoms with van der Waals surface area (Å²) in [5.74, 6) is -1.76. The van der Waals surface area contributed by atoms with Crippen molar-refractivity contribution in [3.63, 3.8) is 0 Å². The van der Waals surface area contributed by atoms with Gasteiger partial charge in [-0.1, -0.05) is 40.7 Å². The van der Waals surface area contributed by atoms with Crippen molar-refractivity contribution in [2.45, 2.75) is 36.4 Å². The topological polar surface area (TPSA) is 102 Å². The molecular formula is C23H23BrN2O6S. The summed E-state index contributed by atoms with van der Waals surface area (Å²) in [6.45, 7) is 7.33. The van der Waals surface area contributed by atoms with Gasteiger partial charge in [0.05, 0.1) is 35.9 Å². The van der Waals surface area contributed by atoms with Crippen molar-refractivity contribution in [1.29, 1.82) is 0 Å².